The van der Waals surface area contributed by atoms with E-state index in [2.05, 4.69) is 17.4 Å². The molecule has 0 aromatic heterocycles. The molecule has 0 aliphatic heterocycles. The average Bonchev–Trinajstić information content (AvgIpc) is 3.05. The zero-order valence-corrected chi connectivity index (χ0v) is 12.2. The smallest absolute Gasteiger partial charge is 0.0417 e. The lowest BCUT2D eigenvalue weighted by Gasteiger charge is -2.14. The Hall–Kier alpha value is -0.180. The summed E-state index contributed by atoms with van der Waals surface area (Å²) in [5.74, 6) is 0. The summed E-state index contributed by atoms with van der Waals surface area (Å²) in [6.07, 6.45) is 8.22. The van der Waals surface area contributed by atoms with Crippen molar-refractivity contribution in [1.29, 1.82) is 0 Å². The van der Waals surface area contributed by atoms with E-state index in [4.69, 9.17) is 11.6 Å². The van der Waals surface area contributed by atoms with E-state index in [1.807, 2.05) is 17.8 Å². The lowest BCUT2D eigenvalue weighted by Crippen LogP contribution is -2.16. The van der Waals surface area contributed by atoms with Crippen molar-refractivity contribution in [2.24, 2.45) is 0 Å². The summed E-state index contributed by atoms with van der Waals surface area (Å²) in [5.41, 5.74) is 1.42. The van der Waals surface area contributed by atoms with Crippen molar-refractivity contribution in [2.45, 2.75) is 61.3 Å². The first-order valence-electron chi connectivity index (χ1n) is 7.00. The van der Waals surface area contributed by atoms with E-state index in [-0.39, 0.29) is 0 Å². The summed E-state index contributed by atoms with van der Waals surface area (Å²) in [4.78, 5) is 1.39. The van der Waals surface area contributed by atoms with Crippen molar-refractivity contribution in [3.63, 3.8) is 0 Å². The van der Waals surface area contributed by atoms with E-state index in [9.17, 15) is 0 Å². The fourth-order valence-electron chi connectivity index (χ4n) is 2.51. The van der Waals surface area contributed by atoms with Crippen LogP contribution in [0.5, 0.6) is 0 Å². The van der Waals surface area contributed by atoms with Gasteiger partial charge >= 0.3 is 0 Å². The molecule has 2 aliphatic rings. The Morgan fingerprint density at radius 3 is 2.67 bits per heavy atom. The van der Waals surface area contributed by atoms with Crippen LogP contribution in [0.2, 0.25) is 5.02 Å². The molecular formula is C15H20ClNS. The molecule has 0 atom stereocenters. The highest BCUT2D eigenvalue weighted by molar-refractivity contribution is 8.00. The molecule has 0 amide bonds. The molecule has 0 bridgehead atoms. The SMILES string of the molecule is Clc1ccc(CNC2CC2)c(SC2CCCC2)c1. The van der Waals surface area contributed by atoms with Crippen molar-refractivity contribution in [2.75, 3.05) is 0 Å². The van der Waals surface area contributed by atoms with Crippen molar-refractivity contribution in [3.05, 3.63) is 28.8 Å². The van der Waals surface area contributed by atoms with Gasteiger partial charge in [0.15, 0.2) is 0 Å². The van der Waals surface area contributed by atoms with Gasteiger partial charge in [-0.25, -0.2) is 0 Å². The van der Waals surface area contributed by atoms with E-state index in [1.165, 1.54) is 49.0 Å². The fourth-order valence-corrected chi connectivity index (χ4v) is 4.16. The molecule has 2 saturated carbocycles. The largest absolute Gasteiger partial charge is 0.310 e. The van der Waals surface area contributed by atoms with Gasteiger partial charge in [0.1, 0.15) is 0 Å². The van der Waals surface area contributed by atoms with Gasteiger partial charge in [0, 0.05) is 27.8 Å². The van der Waals surface area contributed by atoms with Crippen molar-refractivity contribution in [3.8, 4) is 0 Å². The zero-order valence-electron chi connectivity index (χ0n) is 10.6. The summed E-state index contributed by atoms with van der Waals surface area (Å²) in [5, 5.41) is 5.28. The van der Waals surface area contributed by atoms with Crippen LogP contribution in [0, 0.1) is 0 Å². The second kappa shape index (κ2) is 5.85. The zero-order chi connectivity index (χ0) is 12.4. The Morgan fingerprint density at radius 1 is 1.17 bits per heavy atom. The van der Waals surface area contributed by atoms with E-state index >= 15 is 0 Å². The Bertz CT molecular complexity index is 411. The Kier molecular flexibility index (Phi) is 4.17. The predicted molar refractivity (Wildman–Crippen MR) is 79.4 cm³/mol. The molecular weight excluding hydrogens is 262 g/mol. The van der Waals surface area contributed by atoms with E-state index in [0.29, 0.717) is 0 Å². The van der Waals surface area contributed by atoms with Gasteiger partial charge in [0.05, 0.1) is 0 Å². The van der Waals surface area contributed by atoms with E-state index in [0.717, 1.165) is 22.9 Å². The summed E-state index contributed by atoms with van der Waals surface area (Å²) >= 11 is 8.18. The standard InChI is InChI=1S/C15H20ClNS/c16-12-6-5-11(10-17-13-7-8-13)15(9-12)18-14-3-1-2-4-14/h5-6,9,13-14,17H,1-4,7-8,10H2. The minimum atomic E-state index is 0.769. The molecule has 2 aliphatic carbocycles. The topological polar surface area (TPSA) is 12.0 Å². The van der Waals surface area contributed by atoms with Gasteiger partial charge in [-0.05, 0) is 43.4 Å². The first-order chi connectivity index (χ1) is 8.81. The molecule has 1 aromatic rings. The molecule has 18 heavy (non-hydrogen) atoms. The minimum absolute atomic E-state index is 0.769. The maximum atomic E-state index is 6.14. The molecule has 0 spiro atoms. The summed E-state index contributed by atoms with van der Waals surface area (Å²) in [6.45, 7) is 0.997. The van der Waals surface area contributed by atoms with Gasteiger partial charge in [0.25, 0.3) is 0 Å². The number of rotatable bonds is 5. The number of thioether (sulfide) groups is 1. The normalized spacial score (nSPS) is 20.5. The first kappa shape index (κ1) is 12.8. The summed E-state index contributed by atoms with van der Waals surface area (Å²) in [6, 6.07) is 7.12. The number of halogens is 1. The fraction of sp³-hybridized carbons (Fsp3) is 0.600. The summed E-state index contributed by atoms with van der Waals surface area (Å²) < 4.78 is 0. The van der Waals surface area contributed by atoms with E-state index < -0.39 is 0 Å². The van der Waals surface area contributed by atoms with Gasteiger partial charge in [-0.1, -0.05) is 30.5 Å². The van der Waals surface area contributed by atoms with E-state index in [1.54, 1.807) is 0 Å². The number of benzene rings is 1. The third-order valence-electron chi connectivity index (χ3n) is 3.78. The lowest BCUT2D eigenvalue weighted by molar-refractivity contribution is 0.680. The molecule has 1 aromatic carbocycles. The molecule has 0 unspecified atom stereocenters. The lowest BCUT2D eigenvalue weighted by atomic mass is 10.2. The average molecular weight is 282 g/mol. The van der Waals surface area contributed by atoms with Gasteiger partial charge < -0.3 is 5.32 Å². The highest BCUT2D eigenvalue weighted by Crippen LogP contribution is 2.37. The van der Waals surface area contributed by atoms with Gasteiger partial charge in [-0.3, -0.25) is 0 Å². The van der Waals surface area contributed by atoms with Crippen LogP contribution >= 0.6 is 23.4 Å². The second-order valence-electron chi connectivity index (χ2n) is 5.43. The Morgan fingerprint density at radius 2 is 1.94 bits per heavy atom. The van der Waals surface area contributed by atoms with Crippen LogP contribution in [0.1, 0.15) is 44.1 Å². The molecule has 3 rings (SSSR count). The maximum Gasteiger partial charge on any atom is 0.0417 e. The summed E-state index contributed by atoms with van der Waals surface area (Å²) in [7, 11) is 0. The highest BCUT2D eigenvalue weighted by Gasteiger charge is 2.21. The Labute approximate surface area is 119 Å². The molecule has 0 saturated heterocycles. The third-order valence-corrected chi connectivity index (χ3v) is 5.46. The molecule has 98 valence electrons. The molecule has 1 N–H and O–H groups in total. The minimum Gasteiger partial charge on any atom is -0.310 e. The third kappa shape index (κ3) is 3.43. The van der Waals surface area contributed by atoms with Crippen LogP contribution in [0.4, 0.5) is 0 Å². The highest BCUT2D eigenvalue weighted by atomic mass is 35.5. The number of hydrogen-bond acceptors (Lipinski definition) is 2. The van der Waals surface area contributed by atoms with Crippen LogP contribution in [-0.2, 0) is 6.54 Å². The maximum absolute atomic E-state index is 6.14. The first-order valence-corrected chi connectivity index (χ1v) is 8.25. The van der Waals surface area contributed by atoms with Crippen LogP contribution in [0.15, 0.2) is 23.1 Å². The second-order valence-corrected chi connectivity index (χ2v) is 7.21. The van der Waals surface area contributed by atoms with Crippen LogP contribution in [-0.4, -0.2) is 11.3 Å². The van der Waals surface area contributed by atoms with Crippen LogP contribution < -0.4 is 5.32 Å². The van der Waals surface area contributed by atoms with Crippen molar-refractivity contribution in [1.82, 2.24) is 5.32 Å². The number of nitrogens with one attached hydrogen (secondary N) is 1. The van der Waals surface area contributed by atoms with Gasteiger partial charge in [-0.2, -0.15) is 0 Å². The van der Waals surface area contributed by atoms with Gasteiger partial charge in [-0.15, -0.1) is 11.8 Å². The van der Waals surface area contributed by atoms with Crippen LogP contribution in [0.25, 0.3) is 0 Å². The molecule has 0 heterocycles. The molecule has 2 fully saturated rings. The van der Waals surface area contributed by atoms with Crippen molar-refractivity contribution >= 4 is 23.4 Å². The van der Waals surface area contributed by atoms with Gasteiger partial charge in [0.2, 0.25) is 0 Å². The number of hydrogen-bond donors (Lipinski definition) is 1. The Balaban J connectivity index is 1.69. The quantitative estimate of drug-likeness (QED) is 0.845. The van der Waals surface area contributed by atoms with Crippen molar-refractivity contribution < 1.29 is 0 Å². The van der Waals surface area contributed by atoms with Crippen LogP contribution in [0.3, 0.4) is 0 Å². The molecule has 1 nitrogen and oxygen atoms in total. The molecule has 3 heteroatoms. The monoisotopic (exact) mass is 281 g/mol. The predicted octanol–water partition coefficient (Wildman–Crippen LogP) is 4.63. The molecule has 0 radical (unpaired) electrons.